The third kappa shape index (κ3) is 3.74. The Morgan fingerprint density at radius 1 is 1.28 bits per heavy atom. The molecule has 1 N–H and O–H groups in total. The van der Waals surface area contributed by atoms with Gasteiger partial charge in [-0.3, -0.25) is 9.69 Å². The van der Waals surface area contributed by atoms with Crippen molar-refractivity contribution in [2.24, 2.45) is 0 Å². The lowest BCUT2D eigenvalue weighted by molar-refractivity contribution is -0.114. The molecular weight excluding hydrogens is 338 g/mol. The van der Waals surface area contributed by atoms with Crippen molar-refractivity contribution in [3.05, 3.63) is 22.9 Å². The van der Waals surface area contributed by atoms with Gasteiger partial charge in [0.05, 0.1) is 11.7 Å². The van der Waals surface area contributed by atoms with Crippen molar-refractivity contribution in [2.45, 2.75) is 64.0 Å². The molecule has 1 aliphatic heterocycles. The van der Waals surface area contributed by atoms with Crippen LogP contribution >= 0.6 is 11.3 Å². The predicted octanol–water partition coefficient (Wildman–Crippen LogP) is 3.48. The lowest BCUT2D eigenvalue weighted by Crippen LogP contribution is -2.33. The van der Waals surface area contributed by atoms with Crippen LogP contribution in [0.2, 0.25) is 0 Å². The van der Waals surface area contributed by atoms with Crippen molar-refractivity contribution in [1.82, 2.24) is 20.1 Å². The number of hydrogen-bond donors (Lipinski definition) is 1. The maximum absolute atomic E-state index is 11.2. The second-order valence-electron chi connectivity index (χ2n) is 6.91. The number of amides is 1. The fourth-order valence-electron chi connectivity index (χ4n) is 3.46. The summed E-state index contributed by atoms with van der Waals surface area (Å²) >= 11 is 1.46. The molecule has 1 aliphatic carbocycles. The smallest absolute Gasteiger partial charge is 0.233 e. The lowest BCUT2D eigenvalue weighted by atomic mass is 9.85. The molecule has 134 valence electrons. The summed E-state index contributed by atoms with van der Waals surface area (Å²) in [4.78, 5) is 18.0. The summed E-state index contributed by atoms with van der Waals surface area (Å²) in [5.41, 5.74) is 0.972. The number of carbonyl (C=O) groups excluding carboxylic acids is 1. The number of thiazole rings is 1. The average Bonchev–Trinajstić information content (AvgIpc) is 3.16. The zero-order valence-electron chi connectivity index (χ0n) is 14.4. The first-order chi connectivity index (χ1) is 12.2. The average molecular weight is 361 g/mol. The molecular formula is C17H23N5O2S. The zero-order valence-corrected chi connectivity index (χ0v) is 15.2. The SMILES string of the molecule is CC(=O)Nc1nc(CN2CCCC[C@H]2c2nnc(C3CCC3)o2)cs1. The summed E-state index contributed by atoms with van der Waals surface area (Å²) in [6.07, 6.45) is 6.98. The van der Waals surface area contributed by atoms with Gasteiger partial charge in [-0.15, -0.1) is 21.5 Å². The Morgan fingerprint density at radius 3 is 2.88 bits per heavy atom. The molecule has 2 aliphatic rings. The Balaban J connectivity index is 1.46. The highest BCUT2D eigenvalue weighted by molar-refractivity contribution is 7.13. The van der Waals surface area contributed by atoms with Gasteiger partial charge in [0.25, 0.3) is 0 Å². The van der Waals surface area contributed by atoms with Gasteiger partial charge in [0, 0.05) is 24.8 Å². The number of carbonyl (C=O) groups is 1. The Labute approximate surface area is 150 Å². The molecule has 1 atom stereocenters. The van der Waals surface area contributed by atoms with E-state index in [2.05, 4.69) is 25.4 Å². The molecule has 0 aromatic carbocycles. The number of rotatable bonds is 5. The van der Waals surface area contributed by atoms with Crippen LogP contribution in [-0.4, -0.2) is 32.5 Å². The Morgan fingerprint density at radius 2 is 2.12 bits per heavy atom. The molecule has 2 fully saturated rings. The third-order valence-electron chi connectivity index (χ3n) is 5.01. The van der Waals surface area contributed by atoms with E-state index >= 15 is 0 Å². The van der Waals surface area contributed by atoms with Gasteiger partial charge in [-0.25, -0.2) is 4.98 Å². The van der Waals surface area contributed by atoms with E-state index in [4.69, 9.17) is 4.42 Å². The van der Waals surface area contributed by atoms with Gasteiger partial charge in [-0.2, -0.15) is 0 Å². The van der Waals surface area contributed by atoms with Crippen LogP contribution in [0.1, 0.15) is 74.9 Å². The summed E-state index contributed by atoms with van der Waals surface area (Å²) in [7, 11) is 0. The van der Waals surface area contributed by atoms with Gasteiger partial charge in [0.1, 0.15) is 0 Å². The minimum Gasteiger partial charge on any atom is -0.423 e. The molecule has 0 spiro atoms. The Kier molecular flexibility index (Phi) is 4.80. The monoisotopic (exact) mass is 361 g/mol. The van der Waals surface area contributed by atoms with Crippen LogP contribution < -0.4 is 5.32 Å². The maximum Gasteiger partial charge on any atom is 0.233 e. The van der Waals surface area contributed by atoms with E-state index < -0.39 is 0 Å². The quantitative estimate of drug-likeness (QED) is 0.878. The highest BCUT2D eigenvalue weighted by Crippen LogP contribution is 2.38. The van der Waals surface area contributed by atoms with E-state index in [-0.39, 0.29) is 11.9 Å². The number of aromatic nitrogens is 3. The van der Waals surface area contributed by atoms with Crippen LogP contribution in [0.4, 0.5) is 5.13 Å². The summed E-state index contributed by atoms with van der Waals surface area (Å²) in [6, 6.07) is 0.168. The second kappa shape index (κ2) is 7.21. The van der Waals surface area contributed by atoms with Crippen molar-refractivity contribution in [1.29, 1.82) is 0 Å². The van der Waals surface area contributed by atoms with Crippen molar-refractivity contribution >= 4 is 22.4 Å². The normalized spacial score (nSPS) is 21.9. The Bertz CT molecular complexity index is 739. The van der Waals surface area contributed by atoms with Gasteiger partial charge in [0.15, 0.2) is 5.13 Å². The fourth-order valence-corrected chi connectivity index (χ4v) is 4.20. The number of anilines is 1. The summed E-state index contributed by atoms with van der Waals surface area (Å²) < 4.78 is 6.01. The van der Waals surface area contributed by atoms with Gasteiger partial charge < -0.3 is 9.73 Å². The van der Waals surface area contributed by atoms with E-state index in [1.54, 1.807) is 0 Å². The van der Waals surface area contributed by atoms with Crippen molar-refractivity contribution < 1.29 is 9.21 Å². The minimum atomic E-state index is -0.0915. The summed E-state index contributed by atoms with van der Waals surface area (Å²) in [6.45, 7) is 3.23. The molecule has 8 heteroatoms. The van der Waals surface area contributed by atoms with Crippen molar-refractivity contribution in [3.8, 4) is 0 Å². The number of likely N-dealkylation sites (tertiary alicyclic amines) is 1. The number of nitrogens with zero attached hydrogens (tertiary/aromatic N) is 4. The third-order valence-corrected chi connectivity index (χ3v) is 5.82. The van der Waals surface area contributed by atoms with Crippen molar-refractivity contribution in [2.75, 3.05) is 11.9 Å². The van der Waals surface area contributed by atoms with Gasteiger partial charge >= 0.3 is 0 Å². The number of nitrogens with one attached hydrogen (secondary N) is 1. The van der Waals surface area contributed by atoms with E-state index in [1.165, 1.54) is 50.4 Å². The standard InChI is InChI=1S/C17H23N5O2S/c1-11(23)18-17-19-13(10-25-17)9-22-8-3-2-7-14(22)16-21-20-15(24-16)12-5-4-6-12/h10,12,14H,2-9H2,1H3,(H,18,19,23)/t14-/m0/s1. The first-order valence-corrected chi connectivity index (χ1v) is 9.86. The molecule has 2 aromatic heterocycles. The molecule has 1 amide bonds. The van der Waals surface area contributed by atoms with Crippen LogP contribution in [0.3, 0.4) is 0 Å². The molecule has 0 radical (unpaired) electrons. The minimum absolute atomic E-state index is 0.0915. The van der Waals surface area contributed by atoms with Crippen molar-refractivity contribution in [3.63, 3.8) is 0 Å². The highest BCUT2D eigenvalue weighted by atomic mass is 32.1. The number of hydrogen-bond acceptors (Lipinski definition) is 7. The summed E-state index contributed by atoms with van der Waals surface area (Å²) in [5.74, 6) is 1.94. The molecule has 25 heavy (non-hydrogen) atoms. The fraction of sp³-hybridized carbons (Fsp3) is 0.647. The molecule has 7 nitrogen and oxygen atoms in total. The van der Waals surface area contributed by atoms with Crippen LogP contribution in [0.25, 0.3) is 0 Å². The van der Waals surface area contributed by atoms with E-state index in [9.17, 15) is 4.79 Å². The molecule has 1 saturated carbocycles. The van der Waals surface area contributed by atoms with Crippen LogP contribution in [0, 0.1) is 0 Å². The molecule has 0 unspecified atom stereocenters. The van der Waals surface area contributed by atoms with Gasteiger partial charge in [-0.1, -0.05) is 12.8 Å². The Hall–Kier alpha value is -1.80. The molecule has 4 rings (SSSR count). The maximum atomic E-state index is 11.2. The van der Waals surface area contributed by atoms with E-state index in [0.717, 1.165) is 37.0 Å². The second-order valence-corrected chi connectivity index (χ2v) is 7.77. The topological polar surface area (TPSA) is 84.2 Å². The van der Waals surface area contributed by atoms with E-state index in [1.807, 2.05) is 5.38 Å². The van der Waals surface area contributed by atoms with Gasteiger partial charge in [0.2, 0.25) is 17.7 Å². The number of piperidine rings is 1. The highest BCUT2D eigenvalue weighted by Gasteiger charge is 2.31. The van der Waals surface area contributed by atoms with Crippen LogP contribution in [0.15, 0.2) is 9.80 Å². The van der Waals surface area contributed by atoms with Crippen LogP contribution in [0.5, 0.6) is 0 Å². The largest absolute Gasteiger partial charge is 0.423 e. The lowest BCUT2D eigenvalue weighted by Gasteiger charge is -2.32. The molecule has 1 saturated heterocycles. The zero-order chi connectivity index (χ0) is 17.2. The first kappa shape index (κ1) is 16.7. The molecule has 3 heterocycles. The molecule has 0 bridgehead atoms. The van der Waals surface area contributed by atoms with E-state index in [0.29, 0.717) is 11.0 Å². The summed E-state index contributed by atoms with van der Waals surface area (Å²) in [5, 5.41) is 14.0. The van der Waals surface area contributed by atoms with Crippen LogP contribution in [-0.2, 0) is 11.3 Å². The first-order valence-electron chi connectivity index (χ1n) is 8.98. The molecule has 2 aromatic rings. The predicted molar refractivity (Wildman–Crippen MR) is 94.3 cm³/mol. The van der Waals surface area contributed by atoms with Gasteiger partial charge in [-0.05, 0) is 32.2 Å².